The number of aromatic nitrogens is 10. The summed E-state index contributed by atoms with van der Waals surface area (Å²) in [5.74, 6) is -0.707. The van der Waals surface area contributed by atoms with Gasteiger partial charge in [-0.3, -0.25) is 52.3 Å². The van der Waals surface area contributed by atoms with Crippen molar-refractivity contribution in [2.45, 2.75) is 77.8 Å². The van der Waals surface area contributed by atoms with Gasteiger partial charge >= 0.3 is 37.1 Å². The van der Waals surface area contributed by atoms with Crippen LogP contribution in [0, 0.1) is 25.6 Å². The number of nitrogens with zero attached hydrogens (tertiary/aromatic N) is 12. The third kappa shape index (κ3) is 26.8. The maximum absolute atomic E-state index is 13.3. The van der Waals surface area contributed by atoms with Crippen molar-refractivity contribution in [1.82, 2.24) is 80.0 Å². The third-order valence-corrected chi connectivity index (χ3v) is 23.0. The number of alkyl halides is 18. The summed E-state index contributed by atoms with van der Waals surface area (Å²) in [6.45, 7) is 11.5. The molecule has 5 amide bonds. The number of amides is 5. The van der Waals surface area contributed by atoms with Gasteiger partial charge in [0.1, 0.15) is 80.8 Å². The summed E-state index contributed by atoms with van der Waals surface area (Å²) in [4.78, 5) is 68.2. The van der Waals surface area contributed by atoms with E-state index in [4.69, 9.17) is 9.15 Å². The molecule has 23 nitrogen and oxygen atoms in total. The van der Waals surface area contributed by atoms with Gasteiger partial charge in [-0.2, -0.15) is 105 Å². The first kappa shape index (κ1) is 96.8. The van der Waals surface area contributed by atoms with Crippen LogP contribution in [0.2, 0.25) is 0 Å². The number of nitrogens with one attached hydrogen (secondary N) is 4. The highest BCUT2D eigenvalue weighted by atomic mass is 32.1. The predicted molar refractivity (Wildman–Crippen MR) is 424 cm³/mol. The van der Waals surface area contributed by atoms with Gasteiger partial charge in [-0.15, -0.1) is 56.7 Å². The Kier molecular flexibility index (Phi) is 31.5. The molecule has 1 aliphatic heterocycles. The Morgan fingerprint density at radius 2 is 0.766 bits per heavy atom. The molecule has 0 bridgehead atoms. The van der Waals surface area contributed by atoms with Crippen LogP contribution < -0.4 is 21.3 Å². The molecule has 1 saturated heterocycles. The molecule has 0 spiro atoms. The number of carbonyl (C=O) groups excluding carboxylic acids is 5. The Balaban J connectivity index is 0.000000176. The first-order valence-electron chi connectivity index (χ1n) is 36.4. The topological polar surface area (TPSA) is 251 Å². The standard InChI is InChI=1S/C18H15F4N3OS.C16H19F3N4O2S.C16H14F3N3O2S.C15H18F3N3OS.C12H9F6N3OS/c1-10-3-4-12(19)7-11(10)9-23-17(26)15-6-5-14(27-15)13-8-16(18(20,21)22)25(2)24-13;1-22-14(16(17,18)19)10-11(21-22)12-2-3-13(26-12)15(24)20-4-5-23-6-8-25-9-7-23;1-9-3-4-10(24-9)8-20-15(23)13-6-5-12(25-13)11-7-14(16(17,18)19)22(2)21-11;1-9(2)8-20(3)14(22)12-6-5-11(23-12)10-7-13(15(16,17)18)21(4)19-10;1-21-9(12(16,17)18)4-6(20-21)7-2-3-8(23-7)10(22)19-5-11(13,14)15/h3-8H,9H2,1-2H3,(H,23,26);2-3,10H,4-9H2,1H3,(H,20,24);3-7H,8H2,1-2H3,(H,20,23);5-7,9H,8H2,1-4H3;2-4H,5H2,1H3,(H,19,22). The summed E-state index contributed by atoms with van der Waals surface area (Å²) in [6, 6.07) is 27.8. The van der Waals surface area contributed by atoms with Crippen molar-refractivity contribution in [1.29, 1.82) is 0 Å². The van der Waals surface area contributed by atoms with E-state index in [0.29, 0.717) is 87.2 Å². The van der Waals surface area contributed by atoms with Gasteiger partial charge < -0.3 is 35.3 Å². The molecule has 11 aromatic heterocycles. The summed E-state index contributed by atoms with van der Waals surface area (Å²) >= 11 is 5.15. The number of benzene rings is 1. The van der Waals surface area contributed by atoms with E-state index in [9.17, 15) is 107 Å². The highest BCUT2D eigenvalue weighted by Gasteiger charge is 2.40. The molecule has 12 aromatic rings. The summed E-state index contributed by atoms with van der Waals surface area (Å²) in [5, 5.41) is 29.2. The molecule has 4 N–H and O–H groups in total. The lowest BCUT2D eigenvalue weighted by molar-refractivity contribution is -0.144. The Morgan fingerprint density at radius 1 is 0.435 bits per heavy atom. The summed E-state index contributed by atoms with van der Waals surface area (Å²) < 4.78 is 256. The van der Waals surface area contributed by atoms with Gasteiger partial charge in [-0.1, -0.05) is 19.9 Å². The number of aryl methyl sites for hydroxylation is 7. The van der Waals surface area contributed by atoms with Crippen molar-refractivity contribution in [2.75, 3.05) is 59.5 Å². The fraction of sp³-hybridized carbons (Fsp3) is 0.351. The van der Waals surface area contributed by atoms with Crippen LogP contribution >= 0.6 is 56.7 Å². The normalized spacial score (nSPS) is 12.8. The van der Waals surface area contributed by atoms with Crippen molar-refractivity contribution < 1.29 is 117 Å². The van der Waals surface area contributed by atoms with E-state index in [1.165, 1.54) is 58.5 Å². The van der Waals surface area contributed by atoms with Crippen molar-refractivity contribution in [3.05, 3.63) is 203 Å². The van der Waals surface area contributed by atoms with Gasteiger partial charge in [-0.05, 0) is 146 Å². The lowest BCUT2D eigenvalue weighted by Gasteiger charge is -2.26. The molecule has 668 valence electrons. The minimum absolute atomic E-state index is 0.0142. The van der Waals surface area contributed by atoms with Crippen LogP contribution in [0.1, 0.15) is 113 Å². The molecule has 1 aromatic carbocycles. The van der Waals surface area contributed by atoms with E-state index in [-0.39, 0.29) is 80.8 Å². The average Bonchev–Trinajstić information content (AvgIpc) is 1.68. The van der Waals surface area contributed by atoms with Crippen LogP contribution in [-0.4, -0.2) is 154 Å². The number of furan rings is 1. The minimum atomic E-state index is -4.58. The molecular weight excluding hydrogens is 1780 g/mol. The molecule has 47 heteroatoms. The Morgan fingerprint density at radius 3 is 1.09 bits per heavy atom. The van der Waals surface area contributed by atoms with Crippen LogP contribution in [0.4, 0.5) is 83.4 Å². The van der Waals surface area contributed by atoms with Gasteiger partial charge in [0.2, 0.25) is 0 Å². The fourth-order valence-electron chi connectivity index (χ4n) is 11.5. The minimum Gasteiger partial charge on any atom is -0.465 e. The second kappa shape index (κ2) is 40.3. The zero-order chi connectivity index (χ0) is 91.5. The monoisotopic (exact) mass is 1860 g/mol. The van der Waals surface area contributed by atoms with Crippen LogP contribution in [0.25, 0.3) is 52.9 Å². The SMILES string of the molecule is CC(C)CN(C)C(=O)c1ccc(-c2cc(C(F)(F)F)n(C)n2)s1.Cc1ccc(CNC(=O)c2ccc(-c3cc(C(F)(F)F)n(C)n3)s2)o1.Cc1ccc(F)cc1CNC(=O)c1ccc(-c2cc(C(F)(F)F)n(C)n2)s1.Cn1nc(-c2ccc(C(=O)NCC(F)(F)F)s2)cc1C(F)(F)F.Cn1nc(-c2ccc(C(=O)NCCN3CCOCC3)s2)cc1C(F)(F)F. The highest BCUT2D eigenvalue weighted by molar-refractivity contribution is 7.18. The number of thiophene rings is 5. The first-order valence-corrected chi connectivity index (χ1v) is 40.5. The number of rotatable bonds is 20. The summed E-state index contributed by atoms with van der Waals surface area (Å²) in [7, 11) is 7.79. The fourth-order valence-corrected chi connectivity index (χ4v) is 16.0. The van der Waals surface area contributed by atoms with Crippen LogP contribution in [0.5, 0.6) is 0 Å². The number of hydrogen-bond donors (Lipinski definition) is 4. The molecule has 1 aliphatic rings. The second-order valence-electron chi connectivity index (χ2n) is 27.5. The van der Waals surface area contributed by atoms with Gasteiger partial charge in [0.05, 0.1) is 68.5 Å². The van der Waals surface area contributed by atoms with Crippen LogP contribution in [0.15, 0.2) is 126 Å². The van der Waals surface area contributed by atoms with Crippen molar-refractivity contribution in [2.24, 2.45) is 41.2 Å². The number of ether oxygens (including phenoxy) is 1. The summed E-state index contributed by atoms with van der Waals surface area (Å²) in [6.07, 6.45) is -27.0. The van der Waals surface area contributed by atoms with Crippen LogP contribution in [-0.2, 0) is 83.9 Å². The lowest BCUT2D eigenvalue weighted by Crippen LogP contribution is -2.41. The largest absolute Gasteiger partial charge is 0.465 e. The molecule has 13 rings (SSSR count). The van der Waals surface area contributed by atoms with Crippen LogP contribution in [0.3, 0.4) is 0 Å². The molecule has 0 unspecified atom stereocenters. The molecule has 0 aliphatic carbocycles. The van der Waals surface area contributed by atoms with Crippen molar-refractivity contribution >= 4 is 86.2 Å². The van der Waals surface area contributed by atoms with E-state index in [1.54, 1.807) is 84.9 Å². The quantitative estimate of drug-likeness (QED) is 0.0519. The lowest BCUT2D eigenvalue weighted by atomic mass is 10.1. The third-order valence-electron chi connectivity index (χ3n) is 17.5. The molecule has 124 heavy (non-hydrogen) atoms. The van der Waals surface area contributed by atoms with Crippen molar-refractivity contribution in [3.8, 4) is 52.9 Å². The first-order chi connectivity index (χ1) is 57.8. The Hall–Kier alpha value is -11.0. The van der Waals surface area contributed by atoms with Crippen molar-refractivity contribution in [3.63, 3.8) is 0 Å². The molecular formula is C77H75F19N16O7S5. The van der Waals surface area contributed by atoms with Gasteiger partial charge in [0, 0.05) is 81.6 Å². The zero-order valence-corrected chi connectivity index (χ0v) is 70.7. The zero-order valence-electron chi connectivity index (χ0n) is 66.6. The van der Waals surface area contributed by atoms with E-state index in [2.05, 4.69) is 46.3 Å². The smallest absolute Gasteiger partial charge is 0.433 e. The predicted octanol–water partition coefficient (Wildman–Crippen LogP) is 18.1. The number of morpholine rings is 1. The average molecular weight is 1860 g/mol. The second-order valence-corrected chi connectivity index (χ2v) is 33.0. The Bertz CT molecular complexity index is 5660. The molecule has 0 atom stereocenters. The van der Waals surface area contributed by atoms with Gasteiger partial charge in [0.15, 0.2) is 0 Å². The van der Waals surface area contributed by atoms with E-state index in [1.807, 2.05) is 20.8 Å². The molecule has 1 fully saturated rings. The molecule has 0 radical (unpaired) electrons. The van der Waals surface area contributed by atoms with E-state index >= 15 is 0 Å². The van der Waals surface area contributed by atoms with E-state index < -0.39 is 78.0 Å². The van der Waals surface area contributed by atoms with Gasteiger partial charge in [0.25, 0.3) is 29.5 Å². The summed E-state index contributed by atoms with van der Waals surface area (Å²) in [5.41, 5.74) is -2.07. The highest BCUT2D eigenvalue weighted by Crippen LogP contribution is 2.40. The molecule has 12 heterocycles. The van der Waals surface area contributed by atoms with E-state index in [0.717, 1.165) is 144 Å². The molecule has 0 saturated carbocycles. The van der Waals surface area contributed by atoms with Gasteiger partial charge in [-0.25, -0.2) is 4.39 Å². The maximum atomic E-state index is 13.3. The number of hydrogen-bond acceptors (Lipinski definition) is 18. The number of carbonyl (C=O) groups is 5. The number of halogens is 19. The Labute approximate surface area is 713 Å². The maximum Gasteiger partial charge on any atom is 0.433 e.